The van der Waals surface area contributed by atoms with E-state index < -0.39 is 10.1 Å². The third-order valence-electron chi connectivity index (χ3n) is 3.68. The molecule has 0 heterocycles. The predicted molar refractivity (Wildman–Crippen MR) is 111 cm³/mol. The van der Waals surface area contributed by atoms with Crippen LogP contribution in [0.3, 0.4) is 0 Å². The van der Waals surface area contributed by atoms with E-state index in [1.807, 2.05) is 31.2 Å². The average Bonchev–Trinajstić information content (AvgIpc) is 2.68. The normalized spacial score (nSPS) is 11.5. The molecule has 0 aliphatic heterocycles. The van der Waals surface area contributed by atoms with Gasteiger partial charge in [0.05, 0.1) is 12.3 Å². The Morgan fingerprint density at radius 3 is 2.36 bits per heavy atom. The van der Waals surface area contributed by atoms with Crippen LogP contribution in [-0.4, -0.2) is 21.2 Å². The molecule has 0 unspecified atom stereocenters. The molecule has 0 amide bonds. The number of hydrogen-bond acceptors (Lipinski definition) is 5. The first kappa shape index (κ1) is 19.9. The highest BCUT2D eigenvalue weighted by molar-refractivity contribution is 7.87. The van der Waals surface area contributed by atoms with Gasteiger partial charge >= 0.3 is 10.1 Å². The Balaban J connectivity index is 1.74. The largest absolute Gasteiger partial charge is 0.494 e. The summed E-state index contributed by atoms with van der Waals surface area (Å²) in [5.41, 5.74) is 1.46. The maximum atomic E-state index is 12.4. The van der Waals surface area contributed by atoms with Gasteiger partial charge in [-0.15, -0.1) is 0 Å². The van der Waals surface area contributed by atoms with Crippen LogP contribution in [0, 0.1) is 0 Å². The summed E-state index contributed by atoms with van der Waals surface area (Å²) < 4.78 is 35.4. The molecule has 0 spiro atoms. The van der Waals surface area contributed by atoms with Crippen LogP contribution in [0.1, 0.15) is 12.5 Å². The zero-order valence-electron chi connectivity index (χ0n) is 15.1. The second-order valence-electron chi connectivity index (χ2n) is 5.75. The molecule has 0 aliphatic rings. The molecular formula is C21H18ClNO4S. The van der Waals surface area contributed by atoms with Crippen LogP contribution in [0.2, 0.25) is 5.02 Å². The van der Waals surface area contributed by atoms with E-state index >= 15 is 0 Å². The Hall–Kier alpha value is -2.83. The van der Waals surface area contributed by atoms with Crippen molar-refractivity contribution in [2.75, 3.05) is 6.61 Å². The molecule has 3 aromatic rings. The standard InChI is InChI=1S/C21H18ClNO4S/c1-2-26-19-10-8-18(9-11-19)23-15-16-4-3-5-20(14-16)27-28(24,25)21-12-6-17(22)7-13-21/h3-15H,2H2,1H3. The van der Waals surface area contributed by atoms with Crippen molar-refractivity contribution in [3.63, 3.8) is 0 Å². The van der Waals surface area contributed by atoms with Crippen LogP contribution in [0.4, 0.5) is 5.69 Å². The van der Waals surface area contributed by atoms with Gasteiger partial charge in [-0.2, -0.15) is 8.42 Å². The van der Waals surface area contributed by atoms with Crippen molar-refractivity contribution < 1.29 is 17.3 Å². The zero-order valence-corrected chi connectivity index (χ0v) is 16.7. The topological polar surface area (TPSA) is 65.0 Å². The van der Waals surface area contributed by atoms with E-state index in [0.29, 0.717) is 17.2 Å². The van der Waals surface area contributed by atoms with Crippen molar-refractivity contribution in [2.45, 2.75) is 11.8 Å². The molecule has 7 heteroatoms. The molecule has 3 aromatic carbocycles. The molecular weight excluding hydrogens is 398 g/mol. The van der Waals surface area contributed by atoms with E-state index in [4.69, 9.17) is 20.5 Å². The summed E-state index contributed by atoms with van der Waals surface area (Å²) in [7, 11) is -3.94. The highest BCUT2D eigenvalue weighted by Crippen LogP contribution is 2.22. The number of benzene rings is 3. The number of halogens is 1. The van der Waals surface area contributed by atoms with Gasteiger partial charge in [0.1, 0.15) is 16.4 Å². The molecule has 0 N–H and O–H groups in total. The lowest BCUT2D eigenvalue weighted by Crippen LogP contribution is -2.09. The SMILES string of the molecule is CCOc1ccc(N=Cc2cccc(OS(=O)(=O)c3ccc(Cl)cc3)c2)cc1. The molecule has 0 radical (unpaired) electrons. The van der Waals surface area contributed by atoms with Crippen LogP contribution >= 0.6 is 11.6 Å². The monoisotopic (exact) mass is 415 g/mol. The van der Waals surface area contributed by atoms with E-state index in [9.17, 15) is 8.42 Å². The quantitative estimate of drug-likeness (QED) is 0.390. The lowest BCUT2D eigenvalue weighted by Gasteiger charge is -2.07. The zero-order chi connectivity index (χ0) is 20.0. The van der Waals surface area contributed by atoms with E-state index in [-0.39, 0.29) is 10.6 Å². The second kappa shape index (κ2) is 8.91. The Bertz CT molecular complexity index is 1060. The number of hydrogen-bond donors (Lipinski definition) is 0. The van der Waals surface area contributed by atoms with Crippen LogP contribution in [0.25, 0.3) is 0 Å². The first-order valence-corrected chi connectivity index (χ1v) is 10.3. The van der Waals surface area contributed by atoms with Crippen molar-refractivity contribution in [3.8, 4) is 11.5 Å². The highest BCUT2D eigenvalue weighted by atomic mass is 35.5. The van der Waals surface area contributed by atoms with Crippen molar-refractivity contribution in [1.82, 2.24) is 0 Å². The molecule has 0 aromatic heterocycles. The summed E-state index contributed by atoms with van der Waals surface area (Å²) in [5, 5.41) is 0.450. The first-order chi connectivity index (χ1) is 13.5. The lowest BCUT2D eigenvalue weighted by molar-refractivity contribution is 0.340. The number of aliphatic imine (C=N–C) groups is 1. The maximum Gasteiger partial charge on any atom is 0.339 e. The summed E-state index contributed by atoms with van der Waals surface area (Å²) >= 11 is 5.80. The molecule has 5 nitrogen and oxygen atoms in total. The second-order valence-corrected chi connectivity index (χ2v) is 7.73. The fraction of sp³-hybridized carbons (Fsp3) is 0.0952. The Morgan fingerprint density at radius 2 is 1.68 bits per heavy atom. The summed E-state index contributed by atoms with van der Waals surface area (Å²) in [5.74, 6) is 0.981. The molecule has 0 aliphatic carbocycles. The van der Waals surface area contributed by atoms with Gasteiger partial charge in [0.15, 0.2) is 0 Å². The molecule has 0 saturated heterocycles. The van der Waals surface area contributed by atoms with Gasteiger partial charge in [0.25, 0.3) is 0 Å². The van der Waals surface area contributed by atoms with E-state index in [0.717, 1.165) is 11.4 Å². The van der Waals surface area contributed by atoms with E-state index in [2.05, 4.69) is 4.99 Å². The average molecular weight is 416 g/mol. The van der Waals surface area contributed by atoms with Crippen molar-refractivity contribution in [1.29, 1.82) is 0 Å². The maximum absolute atomic E-state index is 12.4. The molecule has 0 fully saturated rings. The minimum Gasteiger partial charge on any atom is -0.494 e. The number of rotatable bonds is 7. The van der Waals surface area contributed by atoms with Crippen LogP contribution in [0.5, 0.6) is 11.5 Å². The van der Waals surface area contributed by atoms with Gasteiger partial charge in [0.2, 0.25) is 0 Å². The van der Waals surface area contributed by atoms with Gasteiger partial charge in [-0.25, -0.2) is 0 Å². The van der Waals surface area contributed by atoms with E-state index in [1.165, 1.54) is 24.3 Å². The number of nitrogens with zero attached hydrogens (tertiary/aromatic N) is 1. The van der Waals surface area contributed by atoms with Gasteiger partial charge in [-0.1, -0.05) is 23.7 Å². The lowest BCUT2D eigenvalue weighted by atomic mass is 10.2. The summed E-state index contributed by atoms with van der Waals surface area (Å²) in [6.45, 7) is 2.53. The first-order valence-electron chi connectivity index (χ1n) is 8.53. The van der Waals surface area contributed by atoms with Crippen molar-refractivity contribution >= 4 is 33.6 Å². The summed E-state index contributed by atoms with van der Waals surface area (Å²) in [4.78, 5) is 4.42. The fourth-order valence-corrected chi connectivity index (χ4v) is 3.42. The third kappa shape index (κ3) is 5.34. The highest BCUT2D eigenvalue weighted by Gasteiger charge is 2.16. The predicted octanol–water partition coefficient (Wildman–Crippen LogP) is 5.26. The molecule has 0 bridgehead atoms. The smallest absolute Gasteiger partial charge is 0.339 e. The van der Waals surface area contributed by atoms with Crippen LogP contribution in [0.15, 0.2) is 82.7 Å². The minimum absolute atomic E-state index is 0.0327. The Kier molecular flexibility index (Phi) is 6.34. The van der Waals surface area contributed by atoms with Gasteiger partial charge < -0.3 is 8.92 Å². The molecule has 3 rings (SSSR count). The summed E-state index contributed by atoms with van der Waals surface area (Å²) in [6, 6.07) is 19.8. The molecule has 0 atom stereocenters. The third-order valence-corrected chi connectivity index (χ3v) is 5.19. The van der Waals surface area contributed by atoms with Crippen LogP contribution < -0.4 is 8.92 Å². The Morgan fingerprint density at radius 1 is 0.964 bits per heavy atom. The number of ether oxygens (including phenoxy) is 1. The minimum atomic E-state index is -3.94. The molecule has 28 heavy (non-hydrogen) atoms. The summed E-state index contributed by atoms with van der Waals surface area (Å²) in [6.07, 6.45) is 1.64. The van der Waals surface area contributed by atoms with Gasteiger partial charge in [0, 0.05) is 11.2 Å². The van der Waals surface area contributed by atoms with Gasteiger partial charge in [-0.05, 0) is 73.2 Å². The van der Waals surface area contributed by atoms with Crippen LogP contribution in [-0.2, 0) is 10.1 Å². The molecule has 144 valence electrons. The Labute approximate surface area is 169 Å². The van der Waals surface area contributed by atoms with Crippen molar-refractivity contribution in [3.05, 3.63) is 83.4 Å². The van der Waals surface area contributed by atoms with Crippen molar-refractivity contribution in [2.24, 2.45) is 4.99 Å². The van der Waals surface area contributed by atoms with E-state index in [1.54, 1.807) is 30.5 Å². The van der Waals surface area contributed by atoms with Gasteiger partial charge in [-0.3, -0.25) is 4.99 Å². The fourth-order valence-electron chi connectivity index (χ4n) is 2.37. The molecule has 0 saturated carbocycles.